The fourth-order valence-corrected chi connectivity index (χ4v) is 11.5. The predicted octanol–water partition coefficient (Wildman–Crippen LogP) is 1.63. The number of aromatic nitrogens is 4. The van der Waals surface area contributed by atoms with Crippen LogP contribution in [0, 0.1) is 16.2 Å². The van der Waals surface area contributed by atoms with Crippen molar-refractivity contribution in [2.75, 3.05) is 32.0 Å². The van der Waals surface area contributed by atoms with Gasteiger partial charge in [-0.1, -0.05) is 64.8 Å². The lowest BCUT2D eigenvalue weighted by Gasteiger charge is -2.36. The second kappa shape index (κ2) is 25.8. The third kappa shape index (κ3) is 18.9. The van der Waals surface area contributed by atoms with Crippen LogP contribution in [0.2, 0.25) is 0 Å². The highest BCUT2D eigenvalue weighted by Crippen LogP contribution is 2.57. The topological polar surface area (TPSA) is 412 Å². The number of imidazole rings is 1. The highest BCUT2D eigenvalue weighted by molar-refractivity contribution is 7.59. The number of anilines is 1. The molecule has 1 aromatic carbocycles. The van der Waals surface area contributed by atoms with Gasteiger partial charge in [0.15, 0.2) is 17.7 Å². The molecular weight excluding hydrogens is 1040 g/mol. The average Bonchev–Trinajstić information content (AvgIpc) is 3.80. The van der Waals surface area contributed by atoms with E-state index in [-0.39, 0.29) is 65.9 Å². The quantitative estimate of drug-likeness (QED) is 0.0373. The van der Waals surface area contributed by atoms with E-state index in [2.05, 4.69) is 55.6 Å². The number of nitrogens with zero attached hydrogens (tertiary/aromatic N) is 4. The number of unbranched alkanes of at least 4 members (excludes halogenated alkanes) is 2. The molecule has 2 amide bonds. The van der Waals surface area contributed by atoms with Gasteiger partial charge in [-0.05, 0) is 73.3 Å². The Balaban J connectivity index is 0.961. The minimum Gasteiger partial charge on any atom is -0.790 e. The van der Waals surface area contributed by atoms with Crippen molar-refractivity contribution in [2.24, 2.45) is 16.2 Å². The molecule has 74 heavy (non-hydrogen) atoms. The molecule has 29 heteroatoms. The van der Waals surface area contributed by atoms with Crippen LogP contribution in [0.5, 0.6) is 0 Å². The fourth-order valence-electron chi connectivity index (χ4n) is 8.76. The summed E-state index contributed by atoms with van der Waals surface area (Å²) in [7, 11) is -17.7. The van der Waals surface area contributed by atoms with Gasteiger partial charge in [0.25, 0.3) is 15.6 Å². The van der Waals surface area contributed by atoms with Crippen LogP contribution < -0.4 is 35.9 Å². The average molecular weight is 1100 g/mol. The number of phosphoric acid groups is 3. The maximum absolute atomic E-state index is 12.9. The van der Waals surface area contributed by atoms with E-state index in [1.165, 1.54) is 25.0 Å². The summed E-state index contributed by atoms with van der Waals surface area (Å²) in [6.07, 6.45) is 2.60. The van der Waals surface area contributed by atoms with E-state index in [1.54, 1.807) is 0 Å². The Morgan fingerprint density at radius 2 is 1.55 bits per heavy atom. The van der Waals surface area contributed by atoms with Gasteiger partial charge in [0.1, 0.15) is 42.0 Å². The summed E-state index contributed by atoms with van der Waals surface area (Å²) in [5.41, 5.74) is 6.45. The first kappa shape index (κ1) is 60.8. The number of nitrogens with two attached hydrogens (primary N) is 1. The molecule has 5 rings (SSSR count). The first-order valence-electron chi connectivity index (χ1n) is 24.1. The zero-order valence-corrected chi connectivity index (χ0v) is 44.3. The number of nitrogens with one attached hydrogen (secondary N) is 2. The summed E-state index contributed by atoms with van der Waals surface area (Å²) >= 11 is 0. The number of benzene rings is 1. The highest BCUT2D eigenvalue weighted by atomic mass is 31.3. The van der Waals surface area contributed by atoms with E-state index in [9.17, 15) is 67.8 Å². The maximum Gasteiger partial charge on any atom is 0.303 e. The lowest BCUT2D eigenvalue weighted by Crippen LogP contribution is -2.46. The number of carboxylic acid groups (broad SMARTS) is 1. The normalized spacial score (nSPS) is 20.9. The van der Waals surface area contributed by atoms with E-state index in [4.69, 9.17) is 10.5 Å². The number of carbonyl (C=O) groups excluding carboxylic acids is 3. The SMILES string of the molecule is CC(C)(CCCCc1ccccc1CCCCC1(CC(=O)O)CC1)CC(=O)CCNC(=O)CCNC(=O)C(O)C(C)(C)COP(=O)([O-])OP(=O)([O-])OCC1OC(n2cnc3c(N)ncnc32)C(O)C1OP(=O)([O-])[O-]. The number of aliphatic carboxylic acids is 1. The van der Waals surface area contributed by atoms with Crippen molar-refractivity contribution in [1.82, 2.24) is 30.2 Å². The van der Waals surface area contributed by atoms with Gasteiger partial charge in [0.05, 0.1) is 33.8 Å². The van der Waals surface area contributed by atoms with Crippen LogP contribution in [0.4, 0.5) is 5.82 Å². The number of fused-ring (bicyclic) bond motifs is 1. The van der Waals surface area contributed by atoms with Crippen molar-refractivity contribution >= 4 is 64.0 Å². The number of carbonyl (C=O) groups is 4. The van der Waals surface area contributed by atoms with Gasteiger partial charge in [0.2, 0.25) is 11.8 Å². The third-order valence-electron chi connectivity index (χ3n) is 13.0. The van der Waals surface area contributed by atoms with Gasteiger partial charge in [-0.15, -0.1) is 0 Å². The Bertz CT molecular complexity index is 2570. The molecule has 3 aromatic rings. The number of aryl methyl sites for hydroxylation is 2. The summed E-state index contributed by atoms with van der Waals surface area (Å²) < 4.78 is 61.0. The molecule has 0 radical (unpaired) electrons. The zero-order valence-electron chi connectivity index (χ0n) is 41.7. The first-order chi connectivity index (χ1) is 34.5. The predicted molar refractivity (Wildman–Crippen MR) is 254 cm³/mol. The molecule has 7 unspecified atom stereocenters. The van der Waals surface area contributed by atoms with Crippen LogP contribution in [0.3, 0.4) is 0 Å². The minimum atomic E-state index is -5.94. The van der Waals surface area contributed by atoms with Gasteiger partial charge in [0, 0.05) is 37.8 Å². The number of ether oxygens (including phenoxy) is 1. The van der Waals surface area contributed by atoms with Crippen molar-refractivity contribution in [3.05, 3.63) is 48.0 Å². The number of nitrogen functional groups attached to an aromatic ring is 1. The number of rotatable bonds is 33. The molecule has 1 saturated heterocycles. The van der Waals surface area contributed by atoms with Crippen molar-refractivity contribution in [1.29, 1.82) is 0 Å². The maximum atomic E-state index is 12.9. The molecule has 26 nitrogen and oxygen atoms in total. The largest absolute Gasteiger partial charge is 0.790 e. The van der Waals surface area contributed by atoms with E-state index < -0.39 is 90.5 Å². The van der Waals surface area contributed by atoms with Crippen molar-refractivity contribution in [3.8, 4) is 0 Å². The fraction of sp³-hybridized carbons (Fsp3) is 0.667. The molecular formula is C45H66N7O19P3-4. The van der Waals surface area contributed by atoms with Gasteiger partial charge < -0.3 is 74.1 Å². The zero-order chi connectivity index (χ0) is 54.7. The molecule has 414 valence electrons. The number of aliphatic hydroxyl groups is 2. The Kier molecular flexibility index (Phi) is 21.2. The summed E-state index contributed by atoms with van der Waals surface area (Å²) in [4.78, 5) is 109. The number of phosphoric ester groups is 3. The molecule has 7 N–H and O–H groups in total. The Morgan fingerprint density at radius 3 is 2.19 bits per heavy atom. The molecule has 2 fully saturated rings. The second-order valence-corrected chi connectivity index (χ2v) is 24.4. The molecule has 0 bridgehead atoms. The summed E-state index contributed by atoms with van der Waals surface area (Å²) in [6, 6.07) is 8.41. The first-order valence-corrected chi connectivity index (χ1v) is 28.5. The third-order valence-corrected chi connectivity index (χ3v) is 16.0. The highest BCUT2D eigenvalue weighted by Gasteiger charge is 2.48. The number of carboxylic acids is 1. The van der Waals surface area contributed by atoms with E-state index in [0.717, 1.165) is 81.4 Å². The van der Waals surface area contributed by atoms with Gasteiger partial charge in [-0.2, -0.15) is 0 Å². The summed E-state index contributed by atoms with van der Waals surface area (Å²) in [5.74, 6) is -2.34. The Labute approximate surface area is 428 Å². The summed E-state index contributed by atoms with van der Waals surface area (Å²) in [6.45, 7) is 4.00. The van der Waals surface area contributed by atoms with Crippen molar-refractivity contribution in [3.63, 3.8) is 0 Å². The standard InChI is InChI=1S/C45H70N7O19P3/c1-43(2,17-9-7-13-29-11-5-6-12-30(29)14-8-10-18-45(19-20-45)24-34(55)56)23-31(53)15-21-47-33(54)16-22-48-41(59)38(58)44(3,4)26-68-74(65,66)71-73(63,64)67-25-32-37(70-72(60,61)62)36(57)42(69-32)52-28-51-35-39(46)49-27-50-40(35)52/h5-6,11-12,27-28,32,36-38,42,57-58H,7-10,13-26H2,1-4H3,(H,47,54)(H,48,59)(H,55,56)(H,63,64)(H,65,66)(H2,46,49,50)(H2,60,61,62)/p-4. The molecule has 0 spiro atoms. The molecule has 2 aromatic heterocycles. The van der Waals surface area contributed by atoms with Crippen LogP contribution in [-0.4, -0.2) is 109 Å². The van der Waals surface area contributed by atoms with Gasteiger partial charge in [-0.25, -0.2) is 19.3 Å². The number of aliphatic hydroxyl groups excluding tert-OH is 2. The molecule has 2 aliphatic rings. The van der Waals surface area contributed by atoms with Crippen LogP contribution in [0.25, 0.3) is 11.2 Å². The number of amides is 2. The number of Topliss-reactive ketones (excluding diaryl/α,β-unsaturated/α-hetero) is 1. The van der Waals surface area contributed by atoms with E-state index in [0.29, 0.717) is 6.42 Å². The second-order valence-electron chi connectivity index (χ2n) is 20.4. The van der Waals surface area contributed by atoms with Crippen LogP contribution in [0.15, 0.2) is 36.9 Å². The van der Waals surface area contributed by atoms with E-state index in [1.807, 2.05) is 26.0 Å². The van der Waals surface area contributed by atoms with E-state index >= 15 is 0 Å². The van der Waals surface area contributed by atoms with Crippen LogP contribution >= 0.6 is 23.5 Å². The van der Waals surface area contributed by atoms with Gasteiger partial charge in [-0.3, -0.25) is 32.9 Å². The molecule has 3 heterocycles. The number of ketones is 1. The van der Waals surface area contributed by atoms with Crippen molar-refractivity contribution < 1.29 is 90.4 Å². The van der Waals surface area contributed by atoms with Gasteiger partial charge >= 0.3 is 5.97 Å². The van der Waals surface area contributed by atoms with Crippen LogP contribution in [-0.2, 0) is 68.3 Å². The van der Waals surface area contributed by atoms with Crippen LogP contribution in [0.1, 0.15) is 122 Å². The lowest BCUT2D eigenvalue weighted by molar-refractivity contribution is -0.347. The van der Waals surface area contributed by atoms with Crippen molar-refractivity contribution in [2.45, 2.75) is 148 Å². The Morgan fingerprint density at radius 1 is 0.919 bits per heavy atom. The monoisotopic (exact) mass is 1100 g/mol. The molecule has 1 aliphatic carbocycles. The number of hydrogen-bond acceptors (Lipinski definition) is 22. The molecule has 7 atom stereocenters. The number of hydrogen-bond donors (Lipinski definition) is 6. The Hall–Kier alpha value is -4.10. The summed E-state index contributed by atoms with van der Waals surface area (Å²) in [5, 5.41) is 35.7. The smallest absolute Gasteiger partial charge is 0.303 e. The molecule has 1 aliphatic heterocycles. The lowest BCUT2D eigenvalue weighted by atomic mass is 9.81. The molecule has 1 saturated carbocycles. The minimum absolute atomic E-state index is 0.0111.